The maximum Gasteiger partial charge on any atom is 0.340 e. The van der Waals surface area contributed by atoms with Crippen LogP contribution in [0.5, 0.6) is 5.75 Å². The van der Waals surface area contributed by atoms with Gasteiger partial charge in [0.2, 0.25) is 5.91 Å². The van der Waals surface area contributed by atoms with E-state index in [0.717, 1.165) is 19.3 Å². The number of rotatable bonds is 4. The van der Waals surface area contributed by atoms with Crippen LogP contribution in [0, 0.1) is 5.92 Å². The lowest BCUT2D eigenvalue weighted by atomic mass is 10.2. The van der Waals surface area contributed by atoms with Gasteiger partial charge in [-0.1, -0.05) is 6.07 Å². The minimum Gasteiger partial charge on any atom is -0.425 e. The fraction of sp³-hybridized carbons (Fsp3) is 0.467. The van der Waals surface area contributed by atoms with Gasteiger partial charge in [-0.15, -0.1) is 0 Å². The van der Waals surface area contributed by atoms with E-state index in [1.165, 1.54) is 0 Å². The van der Waals surface area contributed by atoms with Crippen LogP contribution in [0.3, 0.4) is 0 Å². The van der Waals surface area contributed by atoms with E-state index >= 15 is 0 Å². The molecule has 5 nitrogen and oxygen atoms in total. The second kappa shape index (κ2) is 5.63. The number of hydrogen-bond acceptors (Lipinski definition) is 4. The first-order valence-electron chi connectivity index (χ1n) is 6.96. The van der Waals surface area contributed by atoms with E-state index in [-0.39, 0.29) is 17.8 Å². The fourth-order valence-electron chi connectivity index (χ4n) is 2.17. The minimum absolute atomic E-state index is 0.0348. The lowest BCUT2D eigenvalue weighted by Crippen LogP contribution is -2.24. The molecule has 0 bridgehead atoms. The molecule has 106 valence electrons. The normalized spacial score (nSPS) is 21.5. The summed E-state index contributed by atoms with van der Waals surface area (Å²) in [5, 5.41) is 2.83. The number of carbonyl (C=O) groups is 2. The van der Waals surface area contributed by atoms with E-state index in [0.29, 0.717) is 24.5 Å². The van der Waals surface area contributed by atoms with Crippen LogP contribution in [0.1, 0.15) is 25.7 Å². The molecule has 2 aliphatic rings. The molecule has 1 N–H and O–H groups in total. The molecule has 1 heterocycles. The van der Waals surface area contributed by atoms with Gasteiger partial charge in [-0.2, -0.15) is 0 Å². The number of esters is 1. The lowest BCUT2D eigenvalue weighted by molar-refractivity contribution is -0.144. The number of benzene rings is 1. The van der Waals surface area contributed by atoms with Crippen LogP contribution in [-0.2, 0) is 14.3 Å². The summed E-state index contributed by atoms with van der Waals surface area (Å²) in [7, 11) is 0. The van der Waals surface area contributed by atoms with Crippen LogP contribution < -0.4 is 10.1 Å². The second-order valence-corrected chi connectivity index (χ2v) is 5.21. The summed E-state index contributed by atoms with van der Waals surface area (Å²) in [4.78, 5) is 23.5. The van der Waals surface area contributed by atoms with Crippen molar-refractivity contribution in [2.24, 2.45) is 5.92 Å². The maximum absolute atomic E-state index is 11.8. The standard InChI is InChI=1S/C15H17NO4/c17-14(10-6-7-10)16-11-3-1-4-12(9-11)20-15(18)13-5-2-8-19-13/h1,3-4,9-10,13H,2,5-8H2,(H,16,17). The van der Waals surface area contributed by atoms with Crippen LogP contribution in [0.15, 0.2) is 24.3 Å². The van der Waals surface area contributed by atoms with Crippen molar-refractivity contribution in [3.63, 3.8) is 0 Å². The molecule has 1 aromatic carbocycles. The van der Waals surface area contributed by atoms with Crippen LogP contribution in [-0.4, -0.2) is 24.6 Å². The van der Waals surface area contributed by atoms with E-state index in [1.807, 2.05) is 0 Å². The largest absolute Gasteiger partial charge is 0.425 e. The van der Waals surface area contributed by atoms with Crippen LogP contribution in [0.2, 0.25) is 0 Å². The predicted octanol–water partition coefficient (Wildman–Crippen LogP) is 2.12. The average Bonchev–Trinajstić information content (AvgIpc) is 3.14. The minimum atomic E-state index is -0.459. The molecular weight excluding hydrogens is 258 g/mol. The van der Waals surface area contributed by atoms with Crippen molar-refractivity contribution in [3.05, 3.63) is 24.3 Å². The quantitative estimate of drug-likeness (QED) is 0.675. The van der Waals surface area contributed by atoms with E-state index in [4.69, 9.17) is 9.47 Å². The highest BCUT2D eigenvalue weighted by molar-refractivity contribution is 5.94. The summed E-state index contributed by atoms with van der Waals surface area (Å²) in [6, 6.07) is 6.89. The Morgan fingerprint density at radius 2 is 2.10 bits per heavy atom. The summed E-state index contributed by atoms with van der Waals surface area (Å²) in [6.45, 7) is 0.608. The van der Waals surface area contributed by atoms with Crippen molar-refractivity contribution in [2.45, 2.75) is 31.8 Å². The first kappa shape index (κ1) is 13.1. The van der Waals surface area contributed by atoms with Gasteiger partial charge < -0.3 is 14.8 Å². The van der Waals surface area contributed by atoms with Gasteiger partial charge in [0.25, 0.3) is 0 Å². The lowest BCUT2D eigenvalue weighted by Gasteiger charge is -2.10. The zero-order valence-electron chi connectivity index (χ0n) is 11.1. The smallest absolute Gasteiger partial charge is 0.340 e. The summed E-state index contributed by atoms with van der Waals surface area (Å²) in [6.07, 6.45) is 3.05. The van der Waals surface area contributed by atoms with Crippen molar-refractivity contribution in [3.8, 4) is 5.75 Å². The van der Waals surface area contributed by atoms with Gasteiger partial charge >= 0.3 is 5.97 Å². The van der Waals surface area contributed by atoms with Gasteiger partial charge in [-0.05, 0) is 37.8 Å². The van der Waals surface area contributed by atoms with Crippen molar-refractivity contribution in [1.82, 2.24) is 0 Å². The monoisotopic (exact) mass is 275 g/mol. The van der Waals surface area contributed by atoms with Gasteiger partial charge in [0.15, 0.2) is 6.10 Å². The molecular formula is C15H17NO4. The van der Waals surface area contributed by atoms with E-state index in [1.54, 1.807) is 24.3 Å². The Morgan fingerprint density at radius 1 is 1.25 bits per heavy atom. The Morgan fingerprint density at radius 3 is 2.80 bits per heavy atom. The number of ether oxygens (including phenoxy) is 2. The Kier molecular flexibility index (Phi) is 3.69. The molecule has 1 saturated heterocycles. The van der Waals surface area contributed by atoms with Crippen molar-refractivity contribution < 1.29 is 19.1 Å². The molecule has 0 spiro atoms. The topological polar surface area (TPSA) is 64.6 Å². The average molecular weight is 275 g/mol. The predicted molar refractivity (Wildman–Crippen MR) is 72.4 cm³/mol. The molecule has 1 saturated carbocycles. The molecule has 1 aliphatic heterocycles. The number of anilines is 1. The molecule has 2 fully saturated rings. The van der Waals surface area contributed by atoms with Gasteiger partial charge in [-0.3, -0.25) is 4.79 Å². The molecule has 1 unspecified atom stereocenters. The van der Waals surface area contributed by atoms with Crippen molar-refractivity contribution in [2.75, 3.05) is 11.9 Å². The first-order valence-corrected chi connectivity index (χ1v) is 6.96. The molecule has 1 atom stereocenters. The number of amides is 1. The second-order valence-electron chi connectivity index (χ2n) is 5.21. The van der Waals surface area contributed by atoms with Crippen molar-refractivity contribution in [1.29, 1.82) is 0 Å². The number of nitrogens with one attached hydrogen (secondary N) is 1. The van der Waals surface area contributed by atoms with Crippen LogP contribution in [0.25, 0.3) is 0 Å². The summed E-state index contributed by atoms with van der Waals surface area (Å²) >= 11 is 0. The maximum atomic E-state index is 11.8. The molecule has 3 rings (SSSR count). The van der Waals surface area contributed by atoms with Gasteiger partial charge in [0.1, 0.15) is 5.75 Å². The van der Waals surface area contributed by atoms with Crippen molar-refractivity contribution >= 4 is 17.6 Å². The molecule has 5 heteroatoms. The highest BCUT2D eigenvalue weighted by Gasteiger charge is 2.29. The zero-order valence-corrected chi connectivity index (χ0v) is 11.1. The van der Waals surface area contributed by atoms with Crippen LogP contribution in [0.4, 0.5) is 5.69 Å². The summed E-state index contributed by atoms with van der Waals surface area (Å²) in [5.41, 5.74) is 0.652. The Balaban J connectivity index is 1.61. The van der Waals surface area contributed by atoms with E-state index in [9.17, 15) is 9.59 Å². The Bertz CT molecular complexity index is 518. The third-order valence-corrected chi connectivity index (χ3v) is 3.46. The van der Waals surface area contributed by atoms with E-state index < -0.39 is 6.10 Å². The van der Waals surface area contributed by atoms with Gasteiger partial charge in [0.05, 0.1) is 0 Å². The Hall–Kier alpha value is -1.88. The third-order valence-electron chi connectivity index (χ3n) is 3.46. The molecule has 1 aromatic rings. The summed E-state index contributed by atoms with van der Waals surface area (Å²) < 4.78 is 10.6. The van der Waals surface area contributed by atoms with E-state index in [2.05, 4.69) is 5.32 Å². The summed E-state index contributed by atoms with van der Waals surface area (Å²) in [5.74, 6) is 0.243. The molecule has 0 radical (unpaired) electrons. The first-order chi connectivity index (χ1) is 9.72. The molecule has 1 amide bonds. The third kappa shape index (κ3) is 3.17. The molecule has 1 aliphatic carbocycles. The Labute approximate surface area is 117 Å². The van der Waals surface area contributed by atoms with Gasteiger partial charge in [-0.25, -0.2) is 4.79 Å². The number of hydrogen-bond donors (Lipinski definition) is 1. The SMILES string of the molecule is O=C(Nc1cccc(OC(=O)C2CCCO2)c1)C1CC1. The number of carbonyl (C=O) groups excluding carboxylic acids is 2. The van der Waals surface area contributed by atoms with Crippen LogP contribution >= 0.6 is 0 Å². The zero-order chi connectivity index (χ0) is 13.9. The van der Waals surface area contributed by atoms with Gasteiger partial charge in [0, 0.05) is 24.3 Å². The molecule has 20 heavy (non-hydrogen) atoms. The fourth-order valence-corrected chi connectivity index (χ4v) is 2.17. The highest BCUT2D eigenvalue weighted by atomic mass is 16.6. The highest BCUT2D eigenvalue weighted by Crippen LogP contribution is 2.30. The molecule has 0 aromatic heterocycles.